The molecular formula is C17H14ClNO4S2. The molecule has 0 aliphatic carbocycles. The molecule has 130 valence electrons. The molecule has 0 saturated heterocycles. The minimum Gasteiger partial charge on any atom is -0.480 e. The number of carboxylic acids is 1. The van der Waals surface area contributed by atoms with Gasteiger partial charge in [0.15, 0.2) is 0 Å². The summed E-state index contributed by atoms with van der Waals surface area (Å²) in [4.78, 5) is 11.6. The summed E-state index contributed by atoms with van der Waals surface area (Å²) in [6, 6.07) is 11.9. The fraction of sp³-hybridized carbons (Fsp3) is 0.118. The second-order valence-corrected chi connectivity index (χ2v) is 8.49. The van der Waals surface area contributed by atoms with Gasteiger partial charge in [-0.1, -0.05) is 29.8 Å². The van der Waals surface area contributed by atoms with E-state index in [0.717, 1.165) is 15.6 Å². The van der Waals surface area contributed by atoms with Crippen molar-refractivity contribution in [3.63, 3.8) is 0 Å². The highest BCUT2D eigenvalue weighted by molar-refractivity contribution is 7.89. The number of benzene rings is 2. The highest BCUT2D eigenvalue weighted by Gasteiger charge is 2.26. The van der Waals surface area contributed by atoms with Gasteiger partial charge in [0, 0.05) is 16.1 Å². The minimum absolute atomic E-state index is 0.0293. The number of nitrogens with one attached hydrogen (secondary N) is 1. The number of carboxylic acid groups (broad SMARTS) is 1. The van der Waals surface area contributed by atoms with Gasteiger partial charge in [0.2, 0.25) is 10.0 Å². The molecule has 1 heterocycles. The molecule has 0 bridgehead atoms. The largest absolute Gasteiger partial charge is 0.480 e. The minimum atomic E-state index is -3.96. The molecule has 0 aliphatic rings. The van der Waals surface area contributed by atoms with Crippen LogP contribution >= 0.6 is 22.9 Å². The SMILES string of the molecule is O=C(O)C(Cc1csc2ccccc12)NS(=O)(=O)c1ccc(Cl)cc1. The zero-order chi connectivity index (χ0) is 18.0. The molecule has 8 heteroatoms. The van der Waals surface area contributed by atoms with E-state index in [9.17, 15) is 18.3 Å². The van der Waals surface area contributed by atoms with Crippen LogP contribution in [0.1, 0.15) is 5.56 Å². The van der Waals surface area contributed by atoms with Crippen LogP contribution in [0.25, 0.3) is 10.1 Å². The van der Waals surface area contributed by atoms with Gasteiger partial charge in [0.25, 0.3) is 0 Å². The van der Waals surface area contributed by atoms with Crippen molar-refractivity contribution < 1.29 is 18.3 Å². The van der Waals surface area contributed by atoms with E-state index in [2.05, 4.69) is 4.72 Å². The summed E-state index contributed by atoms with van der Waals surface area (Å²) in [5, 5.41) is 12.6. The third-order valence-corrected chi connectivity index (χ3v) is 6.46. The topological polar surface area (TPSA) is 83.5 Å². The van der Waals surface area contributed by atoms with Gasteiger partial charge in [0.05, 0.1) is 4.90 Å². The molecule has 0 spiro atoms. The van der Waals surface area contributed by atoms with E-state index < -0.39 is 22.0 Å². The van der Waals surface area contributed by atoms with Crippen LogP contribution < -0.4 is 4.72 Å². The number of carbonyl (C=O) groups is 1. The summed E-state index contributed by atoms with van der Waals surface area (Å²) in [6.07, 6.45) is 0.0617. The van der Waals surface area contributed by atoms with Crippen LogP contribution in [0.3, 0.4) is 0 Å². The number of sulfonamides is 1. The summed E-state index contributed by atoms with van der Waals surface area (Å²) in [5.74, 6) is -1.23. The number of thiophene rings is 1. The van der Waals surface area contributed by atoms with E-state index in [0.29, 0.717) is 5.02 Å². The number of halogens is 1. The quantitative estimate of drug-likeness (QED) is 0.668. The van der Waals surface area contributed by atoms with Gasteiger partial charge in [-0.2, -0.15) is 4.72 Å². The Labute approximate surface area is 153 Å². The molecule has 0 fully saturated rings. The second kappa shape index (κ2) is 7.13. The summed E-state index contributed by atoms with van der Waals surface area (Å²) >= 11 is 7.26. The second-order valence-electron chi connectivity index (χ2n) is 5.43. The summed E-state index contributed by atoms with van der Waals surface area (Å²) in [6.45, 7) is 0. The highest BCUT2D eigenvalue weighted by Crippen LogP contribution is 2.27. The van der Waals surface area contributed by atoms with Gasteiger partial charge in [-0.3, -0.25) is 4.79 Å². The Morgan fingerprint density at radius 3 is 2.52 bits per heavy atom. The average Bonchev–Trinajstić information content (AvgIpc) is 2.97. The van der Waals surface area contributed by atoms with Gasteiger partial charge in [-0.25, -0.2) is 8.42 Å². The first-order chi connectivity index (χ1) is 11.9. The lowest BCUT2D eigenvalue weighted by molar-refractivity contribution is -0.138. The number of aliphatic carboxylic acids is 1. The number of rotatable bonds is 6. The zero-order valence-electron chi connectivity index (χ0n) is 12.8. The van der Waals surface area contributed by atoms with Gasteiger partial charge in [-0.15, -0.1) is 11.3 Å². The monoisotopic (exact) mass is 395 g/mol. The van der Waals surface area contributed by atoms with E-state index in [4.69, 9.17) is 11.6 Å². The average molecular weight is 396 g/mol. The van der Waals surface area contributed by atoms with Crippen LogP contribution in [0.2, 0.25) is 5.02 Å². The van der Waals surface area contributed by atoms with E-state index in [-0.39, 0.29) is 11.3 Å². The molecule has 3 rings (SSSR count). The van der Waals surface area contributed by atoms with Crippen LogP contribution in [0.15, 0.2) is 58.8 Å². The molecule has 2 aromatic carbocycles. The van der Waals surface area contributed by atoms with E-state index in [1.165, 1.54) is 35.6 Å². The summed E-state index contributed by atoms with van der Waals surface area (Å²) < 4.78 is 28.2. The first-order valence-electron chi connectivity index (χ1n) is 7.32. The lowest BCUT2D eigenvalue weighted by Crippen LogP contribution is -2.42. The maximum Gasteiger partial charge on any atom is 0.322 e. The van der Waals surface area contributed by atoms with Crippen LogP contribution in [-0.4, -0.2) is 25.5 Å². The Morgan fingerprint density at radius 2 is 1.84 bits per heavy atom. The Balaban J connectivity index is 1.86. The first kappa shape index (κ1) is 17.9. The molecule has 2 N–H and O–H groups in total. The normalized spacial score (nSPS) is 13.0. The lowest BCUT2D eigenvalue weighted by Gasteiger charge is -2.14. The molecule has 25 heavy (non-hydrogen) atoms. The molecule has 1 aromatic heterocycles. The van der Waals surface area contributed by atoms with Crippen LogP contribution in [0, 0.1) is 0 Å². The van der Waals surface area contributed by atoms with Crippen molar-refractivity contribution in [1.29, 1.82) is 0 Å². The molecule has 0 radical (unpaired) electrons. The van der Waals surface area contributed by atoms with Crippen molar-refractivity contribution in [2.75, 3.05) is 0 Å². The standard InChI is InChI=1S/C17H14ClNO4S2/c18-12-5-7-13(8-6-12)25(22,23)19-15(17(20)21)9-11-10-24-16-4-2-1-3-14(11)16/h1-8,10,15,19H,9H2,(H,20,21). The third-order valence-electron chi connectivity index (χ3n) is 3.70. The zero-order valence-corrected chi connectivity index (χ0v) is 15.2. The van der Waals surface area contributed by atoms with E-state index in [1.54, 1.807) is 0 Å². The molecule has 5 nitrogen and oxygen atoms in total. The van der Waals surface area contributed by atoms with Gasteiger partial charge < -0.3 is 5.11 Å². The molecular weight excluding hydrogens is 382 g/mol. The van der Waals surface area contributed by atoms with Crippen molar-refractivity contribution in [1.82, 2.24) is 4.72 Å². The number of hydrogen-bond acceptors (Lipinski definition) is 4. The Kier molecular flexibility index (Phi) is 5.10. The lowest BCUT2D eigenvalue weighted by atomic mass is 10.1. The number of hydrogen-bond donors (Lipinski definition) is 2. The van der Waals surface area contributed by atoms with Crippen molar-refractivity contribution in [3.8, 4) is 0 Å². The first-order valence-corrected chi connectivity index (χ1v) is 10.1. The van der Waals surface area contributed by atoms with Gasteiger partial charge in [0.1, 0.15) is 6.04 Å². The molecule has 1 unspecified atom stereocenters. The molecule has 0 aliphatic heterocycles. The van der Waals surface area contributed by atoms with E-state index in [1.807, 2.05) is 29.6 Å². The van der Waals surface area contributed by atoms with Crippen LogP contribution in [0.4, 0.5) is 0 Å². The maximum atomic E-state index is 12.4. The molecule has 3 aromatic rings. The van der Waals surface area contributed by atoms with Crippen molar-refractivity contribution >= 4 is 49.0 Å². The van der Waals surface area contributed by atoms with Gasteiger partial charge >= 0.3 is 5.97 Å². The Bertz CT molecular complexity index is 1010. The highest BCUT2D eigenvalue weighted by atomic mass is 35.5. The fourth-order valence-corrected chi connectivity index (χ4v) is 4.75. The molecule has 0 saturated carbocycles. The molecule has 0 amide bonds. The molecule has 1 atom stereocenters. The summed E-state index contributed by atoms with van der Waals surface area (Å²) in [7, 11) is -3.96. The smallest absolute Gasteiger partial charge is 0.322 e. The van der Waals surface area contributed by atoms with Gasteiger partial charge in [-0.05, 0) is 46.7 Å². The fourth-order valence-electron chi connectivity index (χ4n) is 2.46. The maximum absolute atomic E-state index is 12.4. The Morgan fingerprint density at radius 1 is 1.16 bits per heavy atom. The number of fused-ring (bicyclic) bond motifs is 1. The van der Waals surface area contributed by atoms with Crippen LogP contribution in [0.5, 0.6) is 0 Å². The predicted octanol–water partition coefficient (Wildman–Crippen LogP) is 3.53. The Hall–Kier alpha value is -1.93. The van der Waals surface area contributed by atoms with Crippen LogP contribution in [-0.2, 0) is 21.2 Å². The van der Waals surface area contributed by atoms with Crippen molar-refractivity contribution in [3.05, 3.63) is 64.5 Å². The van der Waals surface area contributed by atoms with E-state index >= 15 is 0 Å². The third kappa shape index (κ3) is 4.01. The van der Waals surface area contributed by atoms with Crippen molar-refractivity contribution in [2.24, 2.45) is 0 Å². The summed E-state index contributed by atoms with van der Waals surface area (Å²) in [5.41, 5.74) is 0.798. The van der Waals surface area contributed by atoms with Crippen molar-refractivity contribution in [2.45, 2.75) is 17.4 Å². The predicted molar refractivity (Wildman–Crippen MR) is 98.7 cm³/mol.